The Balaban J connectivity index is 1.56. The number of nitrogens with zero attached hydrogens (tertiary/aromatic N) is 4. The first-order valence-electron chi connectivity index (χ1n) is 8.99. The SMILES string of the molecule is Cc1cccn2c(CC(=O)N3C[C@H]4CC[C@@H]3CN(S(C)(=O)=O)C4)cnc12. The second-order valence-corrected chi connectivity index (χ2v) is 9.52. The summed E-state index contributed by atoms with van der Waals surface area (Å²) >= 11 is 0. The molecule has 5 heterocycles. The van der Waals surface area contributed by atoms with Crippen molar-refractivity contribution in [2.75, 3.05) is 25.9 Å². The fraction of sp³-hybridized carbons (Fsp3) is 0.556. The van der Waals surface area contributed by atoms with E-state index >= 15 is 0 Å². The van der Waals surface area contributed by atoms with Crippen molar-refractivity contribution >= 4 is 21.6 Å². The second-order valence-electron chi connectivity index (χ2n) is 7.53. The van der Waals surface area contributed by atoms with Crippen molar-refractivity contribution in [2.45, 2.75) is 32.2 Å². The largest absolute Gasteiger partial charge is 0.338 e. The molecular formula is C18H24N4O3S. The summed E-state index contributed by atoms with van der Waals surface area (Å²) in [7, 11) is -3.23. The van der Waals surface area contributed by atoms with E-state index in [1.807, 2.05) is 34.6 Å². The number of hydrogen-bond acceptors (Lipinski definition) is 4. The van der Waals surface area contributed by atoms with Crippen LogP contribution in [-0.2, 0) is 21.2 Å². The zero-order valence-corrected chi connectivity index (χ0v) is 15.9. The lowest BCUT2D eigenvalue weighted by atomic mass is 9.94. The number of carbonyl (C=O) groups is 1. The van der Waals surface area contributed by atoms with Gasteiger partial charge in [-0.2, -0.15) is 4.31 Å². The van der Waals surface area contributed by atoms with E-state index in [1.54, 1.807) is 10.5 Å². The quantitative estimate of drug-likeness (QED) is 0.803. The van der Waals surface area contributed by atoms with Crippen LogP contribution in [0.5, 0.6) is 0 Å². The molecule has 0 spiro atoms. The average molecular weight is 376 g/mol. The molecule has 3 fully saturated rings. The van der Waals surface area contributed by atoms with Gasteiger partial charge in [0.1, 0.15) is 5.65 Å². The second kappa shape index (κ2) is 6.35. The molecular weight excluding hydrogens is 352 g/mol. The lowest BCUT2D eigenvalue weighted by Gasteiger charge is -2.36. The summed E-state index contributed by atoms with van der Waals surface area (Å²) in [6.45, 7) is 3.58. The van der Waals surface area contributed by atoms with Crippen LogP contribution < -0.4 is 0 Å². The predicted octanol–water partition coefficient (Wildman–Crippen LogP) is 1.07. The molecule has 140 valence electrons. The Hall–Kier alpha value is -1.93. The number of aryl methyl sites for hydroxylation is 1. The topological polar surface area (TPSA) is 75.0 Å². The molecule has 8 heteroatoms. The summed E-state index contributed by atoms with van der Waals surface area (Å²) in [6.07, 6.45) is 7.08. The lowest BCUT2D eigenvalue weighted by molar-refractivity contribution is -0.134. The van der Waals surface area contributed by atoms with Crippen LogP contribution >= 0.6 is 0 Å². The van der Waals surface area contributed by atoms with Gasteiger partial charge in [0.05, 0.1) is 18.4 Å². The number of piperidine rings is 1. The van der Waals surface area contributed by atoms with Gasteiger partial charge in [-0.1, -0.05) is 6.07 Å². The van der Waals surface area contributed by atoms with Crippen molar-refractivity contribution in [3.05, 3.63) is 35.8 Å². The summed E-state index contributed by atoms with van der Waals surface area (Å²) < 4.78 is 27.5. The van der Waals surface area contributed by atoms with E-state index in [4.69, 9.17) is 0 Å². The van der Waals surface area contributed by atoms with Crippen LogP contribution in [0.2, 0.25) is 0 Å². The Kier molecular flexibility index (Phi) is 4.27. The fourth-order valence-electron chi connectivity index (χ4n) is 4.20. The molecule has 0 aromatic carbocycles. The maximum absolute atomic E-state index is 13.0. The Morgan fingerprint density at radius 1 is 1.27 bits per heavy atom. The normalized spacial score (nSPS) is 24.2. The van der Waals surface area contributed by atoms with E-state index in [2.05, 4.69) is 4.98 Å². The zero-order valence-electron chi connectivity index (χ0n) is 15.1. The first kappa shape index (κ1) is 17.5. The maximum Gasteiger partial charge on any atom is 0.228 e. The standard InChI is InChI=1S/C18H24N4O3S/c1-13-4-3-7-21-16(9-19-18(13)21)8-17(23)22-11-14-5-6-15(22)12-20(10-14)26(2,24)25/h3-4,7,9,14-15H,5-6,8,10-12H2,1-2H3/t14-,15+/m0/s1. The molecule has 1 amide bonds. The van der Waals surface area contributed by atoms with Crippen LogP contribution in [0.4, 0.5) is 0 Å². The smallest absolute Gasteiger partial charge is 0.228 e. The lowest BCUT2D eigenvalue weighted by Crippen LogP contribution is -2.48. The number of rotatable bonds is 3. The van der Waals surface area contributed by atoms with Gasteiger partial charge < -0.3 is 9.30 Å². The van der Waals surface area contributed by atoms with Gasteiger partial charge in [-0.05, 0) is 37.3 Å². The van der Waals surface area contributed by atoms with Gasteiger partial charge in [0.2, 0.25) is 15.9 Å². The van der Waals surface area contributed by atoms with E-state index in [0.29, 0.717) is 19.6 Å². The molecule has 0 saturated carbocycles. The number of fused-ring (bicyclic) bond motifs is 5. The minimum absolute atomic E-state index is 0.0307. The van der Waals surface area contributed by atoms with E-state index in [-0.39, 0.29) is 24.3 Å². The van der Waals surface area contributed by atoms with Crippen molar-refractivity contribution in [1.29, 1.82) is 0 Å². The third-order valence-electron chi connectivity index (χ3n) is 5.61. The molecule has 0 unspecified atom stereocenters. The Labute approximate surface area is 153 Å². The Bertz CT molecular complexity index is 952. The number of hydrogen-bond donors (Lipinski definition) is 0. The molecule has 2 aromatic heterocycles. The Morgan fingerprint density at radius 3 is 2.85 bits per heavy atom. The van der Waals surface area contributed by atoms with E-state index in [1.165, 1.54) is 6.26 Å². The van der Waals surface area contributed by atoms with Crippen LogP contribution in [0.3, 0.4) is 0 Å². The van der Waals surface area contributed by atoms with Gasteiger partial charge in [-0.3, -0.25) is 4.79 Å². The predicted molar refractivity (Wildman–Crippen MR) is 98.3 cm³/mol. The van der Waals surface area contributed by atoms with Crippen LogP contribution in [-0.4, -0.2) is 64.8 Å². The molecule has 2 atom stereocenters. The van der Waals surface area contributed by atoms with Crippen molar-refractivity contribution in [3.63, 3.8) is 0 Å². The Morgan fingerprint density at radius 2 is 2.08 bits per heavy atom. The highest BCUT2D eigenvalue weighted by Gasteiger charge is 2.39. The first-order chi connectivity index (χ1) is 12.3. The van der Waals surface area contributed by atoms with Crippen LogP contribution in [0.1, 0.15) is 24.1 Å². The van der Waals surface area contributed by atoms with E-state index < -0.39 is 10.0 Å². The molecule has 0 aliphatic carbocycles. The molecule has 26 heavy (non-hydrogen) atoms. The van der Waals surface area contributed by atoms with Crippen molar-refractivity contribution in [2.24, 2.45) is 5.92 Å². The van der Waals surface area contributed by atoms with Crippen LogP contribution in [0.15, 0.2) is 24.5 Å². The molecule has 7 nitrogen and oxygen atoms in total. The number of pyridine rings is 1. The minimum atomic E-state index is -3.23. The number of sulfonamides is 1. The summed E-state index contributed by atoms with van der Waals surface area (Å²) in [6, 6.07) is 3.93. The van der Waals surface area contributed by atoms with Gasteiger partial charge in [0, 0.05) is 38.1 Å². The average Bonchev–Trinajstić information content (AvgIpc) is 2.78. The van der Waals surface area contributed by atoms with Crippen molar-refractivity contribution < 1.29 is 13.2 Å². The molecule has 0 radical (unpaired) electrons. The van der Waals surface area contributed by atoms with Crippen LogP contribution in [0.25, 0.3) is 5.65 Å². The molecule has 3 saturated heterocycles. The van der Waals surface area contributed by atoms with Gasteiger partial charge in [-0.15, -0.1) is 0 Å². The molecule has 3 aliphatic heterocycles. The summed E-state index contributed by atoms with van der Waals surface area (Å²) in [5.74, 6) is 0.273. The third-order valence-corrected chi connectivity index (χ3v) is 6.85. The number of amides is 1. The number of carbonyl (C=O) groups excluding carboxylic acids is 1. The van der Waals surface area contributed by atoms with Gasteiger partial charge >= 0.3 is 0 Å². The highest BCUT2D eigenvalue weighted by atomic mass is 32.2. The van der Waals surface area contributed by atoms with Gasteiger partial charge in [0.25, 0.3) is 0 Å². The molecule has 3 aliphatic rings. The molecule has 2 bridgehead atoms. The van der Waals surface area contributed by atoms with Gasteiger partial charge in [0.15, 0.2) is 0 Å². The minimum Gasteiger partial charge on any atom is -0.338 e. The highest BCUT2D eigenvalue weighted by Crippen LogP contribution is 2.29. The first-order valence-corrected chi connectivity index (χ1v) is 10.8. The number of imidazole rings is 1. The van der Waals surface area contributed by atoms with Crippen molar-refractivity contribution in [3.8, 4) is 0 Å². The maximum atomic E-state index is 13.0. The third kappa shape index (κ3) is 3.12. The summed E-state index contributed by atoms with van der Waals surface area (Å²) in [5, 5.41) is 0. The van der Waals surface area contributed by atoms with Crippen LogP contribution in [0, 0.1) is 12.8 Å². The van der Waals surface area contributed by atoms with E-state index in [9.17, 15) is 13.2 Å². The fourth-order valence-corrected chi connectivity index (χ4v) is 5.13. The summed E-state index contributed by atoms with van der Waals surface area (Å²) in [5.41, 5.74) is 2.81. The highest BCUT2D eigenvalue weighted by molar-refractivity contribution is 7.88. The molecule has 2 aromatic rings. The van der Waals surface area contributed by atoms with Gasteiger partial charge in [-0.25, -0.2) is 13.4 Å². The zero-order chi connectivity index (χ0) is 18.5. The van der Waals surface area contributed by atoms with Crippen molar-refractivity contribution in [1.82, 2.24) is 18.6 Å². The summed E-state index contributed by atoms with van der Waals surface area (Å²) in [4.78, 5) is 19.3. The number of aromatic nitrogens is 2. The molecule has 0 N–H and O–H groups in total. The monoisotopic (exact) mass is 376 g/mol. The van der Waals surface area contributed by atoms with E-state index in [0.717, 1.165) is 29.7 Å². The molecule has 5 rings (SSSR count).